The van der Waals surface area contributed by atoms with Crippen molar-refractivity contribution in [2.75, 3.05) is 12.4 Å². The van der Waals surface area contributed by atoms with E-state index < -0.39 is 12.5 Å². The Morgan fingerprint density at radius 2 is 1.97 bits per heavy atom. The third-order valence-electron chi connectivity index (χ3n) is 3.96. The molecule has 0 aliphatic heterocycles. The number of methoxy groups -OCH3 is 1. The molecule has 0 atom stereocenters. The molecule has 0 fully saturated rings. The molecule has 2 N–H and O–H groups in total. The number of ether oxygens (including phenoxy) is 2. The lowest BCUT2D eigenvalue weighted by molar-refractivity contribution is -0.111. The number of para-hydroxylation sites is 1. The van der Waals surface area contributed by atoms with Gasteiger partial charge in [-0.05, 0) is 30.3 Å². The number of amides is 1. The number of benzene rings is 2. The van der Waals surface area contributed by atoms with Crippen LogP contribution in [0.5, 0.6) is 11.5 Å². The molecule has 0 spiro atoms. The summed E-state index contributed by atoms with van der Waals surface area (Å²) in [5.41, 5.74) is 1.65. The van der Waals surface area contributed by atoms with Crippen LogP contribution in [-0.4, -0.2) is 29.8 Å². The van der Waals surface area contributed by atoms with Gasteiger partial charge in [0.15, 0.2) is 11.5 Å². The van der Waals surface area contributed by atoms with E-state index in [0.29, 0.717) is 16.9 Å². The van der Waals surface area contributed by atoms with Gasteiger partial charge in [0, 0.05) is 29.0 Å². The highest BCUT2D eigenvalue weighted by Gasteiger charge is 2.14. The molecule has 154 valence electrons. The third-order valence-corrected chi connectivity index (χ3v) is 3.96. The van der Waals surface area contributed by atoms with Crippen LogP contribution in [0.2, 0.25) is 0 Å². The molecule has 0 aliphatic carbocycles. The number of rotatable bonds is 7. The zero-order valence-electron chi connectivity index (χ0n) is 15.8. The lowest BCUT2D eigenvalue weighted by Crippen LogP contribution is -2.08. The summed E-state index contributed by atoms with van der Waals surface area (Å²) in [7, 11) is 1.33. The van der Waals surface area contributed by atoms with E-state index in [9.17, 15) is 18.4 Å². The van der Waals surface area contributed by atoms with Gasteiger partial charge in [0.2, 0.25) is 5.91 Å². The lowest BCUT2D eigenvalue weighted by atomic mass is 10.1. The molecule has 0 saturated carbocycles. The number of carbonyl (C=O) groups is 1. The number of halogens is 2. The zero-order chi connectivity index (χ0) is 21.5. The predicted molar refractivity (Wildman–Crippen MR) is 108 cm³/mol. The van der Waals surface area contributed by atoms with Crippen LogP contribution in [0.4, 0.5) is 14.5 Å². The Balaban J connectivity index is 1.76. The van der Waals surface area contributed by atoms with Crippen molar-refractivity contribution in [3.63, 3.8) is 0 Å². The smallest absolute Gasteiger partial charge is 0.387 e. The third kappa shape index (κ3) is 5.28. The molecule has 1 heterocycles. The maximum Gasteiger partial charge on any atom is 0.387 e. The minimum absolute atomic E-state index is 0.124. The quantitative estimate of drug-likeness (QED) is 0.576. The van der Waals surface area contributed by atoms with Crippen molar-refractivity contribution in [1.29, 1.82) is 0 Å². The molecule has 0 aliphatic rings. The van der Waals surface area contributed by atoms with E-state index in [1.165, 1.54) is 37.5 Å². The van der Waals surface area contributed by atoms with E-state index in [4.69, 9.17) is 4.74 Å². The molecular formula is C21H17F2N3O4. The maximum atomic E-state index is 12.7. The van der Waals surface area contributed by atoms with Gasteiger partial charge < -0.3 is 14.8 Å². The molecule has 7 nitrogen and oxygen atoms in total. The normalized spacial score (nSPS) is 10.9. The lowest BCUT2D eigenvalue weighted by Gasteiger charge is -2.12. The fraction of sp³-hybridized carbons (Fsp3) is 0.0952. The van der Waals surface area contributed by atoms with E-state index >= 15 is 0 Å². The summed E-state index contributed by atoms with van der Waals surface area (Å²) in [6.07, 6.45) is 2.54. The van der Waals surface area contributed by atoms with E-state index in [2.05, 4.69) is 20.3 Å². The van der Waals surface area contributed by atoms with Crippen molar-refractivity contribution in [1.82, 2.24) is 10.2 Å². The monoisotopic (exact) mass is 413 g/mol. The minimum Gasteiger partial charge on any atom is -0.493 e. The molecule has 0 unspecified atom stereocenters. The highest BCUT2D eigenvalue weighted by Crippen LogP contribution is 2.33. The first kappa shape index (κ1) is 20.7. The summed E-state index contributed by atoms with van der Waals surface area (Å²) in [5, 5.41) is 8.97. The Bertz CT molecular complexity index is 1110. The molecule has 9 heteroatoms. The van der Waals surface area contributed by atoms with Gasteiger partial charge in [-0.1, -0.05) is 24.3 Å². The summed E-state index contributed by atoms with van der Waals surface area (Å²) in [6, 6.07) is 14.4. The first-order chi connectivity index (χ1) is 14.5. The SMILES string of the molecule is COc1cccc(/C=C/C(=O)Nc2cccc(-c3ccc(=O)[nH]n3)c2)c1OC(F)F. The van der Waals surface area contributed by atoms with E-state index in [1.807, 2.05) is 0 Å². The zero-order valence-corrected chi connectivity index (χ0v) is 15.8. The first-order valence-electron chi connectivity index (χ1n) is 8.73. The number of nitrogens with one attached hydrogen (secondary N) is 2. The summed E-state index contributed by atoms with van der Waals surface area (Å²) >= 11 is 0. The van der Waals surface area contributed by atoms with Crippen LogP contribution >= 0.6 is 0 Å². The number of anilines is 1. The maximum absolute atomic E-state index is 12.7. The number of aromatic amines is 1. The fourth-order valence-electron chi connectivity index (χ4n) is 2.65. The predicted octanol–water partition coefficient (Wildman–Crippen LogP) is 3.70. The minimum atomic E-state index is -3.04. The molecule has 1 aromatic heterocycles. The van der Waals surface area contributed by atoms with Gasteiger partial charge in [-0.3, -0.25) is 9.59 Å². The molecular weight excluding hydrogens is 396 g/mol. The molecule has 0 saturated heterocycles. The number of H-pyrrole nitrogens is 1. The average molecular weight is 413 g/mol. The van der Waals surface area contributed by atoms with Crippen molar-refractivity contribution in [3.8, 4) is 22.8 Å². The summed E-state index contributed by atoms with van der Waals surface area (Å²) in [5.74, 6) is -0.517. The van der Waals surface area contributed by atoms with E-state index in [0.717, 1.165) is 0 Å². The number of aromatic nitrogens is 2. The van der Waals surface area contributed by atoms with Crippen molar-refractivity contribution >= 4 is 17.7 Å². The molecule has 1 amide bonds. The topological polar surface area (TPSA) is 93.3 Å². The largest absolute Gasteiger partial charge is 0.493 e. The Labute approximate surface area is 170 Å². The van der Waals surface area contributed by atoms with E-state index in [1.54, 1.807) is 36.4 Å². The Morgan fingerprint density at radius 3 is 2.67 bits per heavy atom. The van der Waals surface area contributed by atoms with Gasteiger partial charge >= 0.3 is 6.61 Å². The van der Waals surface area contributed by atoms with Crippen LogP contribution in [0.3, 0.4) is 0 Å². The second-order valence-electron chi connectivity index (χ2n) is 5.97. The van der Waals surface area contributed by atoms with Crippen molar-refractivity contribution in [2.24, 2.45) is 0 Å². The van der Waals surface area contributed by atoms with Crippen LogP contribution in [0.15, 0.2) is 65.5 Å². The van der Waals surface area contributed by atoms with Crippen LogP contribution in [-0.2, 0) is 4.79 Å². The summed E-state index contributed by atoms with van der Waals surface area (Å²) in [4.78, 5) is 23.4. The van der Waals surface area contributed by atoms with Crippen molar-refractivity contribution in [3.05, 3.63) is 76.6 Å². The second kappa shape index (κ2) is 9.46. The van der Waals surface area contributed by atoms with Gasteiger partial charge in [0.05, 0.1) is 12.8 Å². The van der Waals surface area contributed by atoms with Crippen molar-refractivity contribution in [2.45, 2.75) is 6.61 Å². The van der Waals surface area contributed by atoms with Gasteiger partial charge in [-0.15, -0.1) is 0 Å². The van der Waals surface area contributed by atoms with Gasteiger partial charge in [0.1, 0.15) is 0 Å². The summed E-state index contributed by atoms with van der Waals surface area (Å²) in [6.45, 7) is -3.04. The van der Waals surface area contributed by atoms with Gasteiger partial charge in [0.25, 0.3) is 5.56 Å². The molecule has 30 heavy (non-hydrogen) atoms. The van der Waals surface area contributed by atoms with Crippen LogP contribution in [0.1, 0.15) is 5.56 Å². The van der Waals surface area contributed by atoms with E-state index in [-0.39, 0.29) is 22.6 Å². The van der Waals surface area contributed by atoms with Crippen molar-refractivity contribution < 1.29 is 23.0 Å². The standard InChI is InChI=1S/C21H17F2N3O4/c1-29-17-7-3-4-13(20(17)30-21(22)23)8-10-18(27)24-15-6-2-5-14(12-15)16-9-11-19(28)26-25-16/h2-12,21H,1H3,(H,24,27)(H,26,28)/b10-8+. The molecule has 0 radical (unpaired) electrons. The Kier molecular flexibility index (Phi) is 6.53. The second-order valence-corrected chi connectivity index (χ2v) is 5.97. The number of hydrogen-bond acceptors (Lipinski definition) is 5. The molecule has 0 bridgehead atoms. The highest BCUT2D eigenvalue weighted by molar-refractivity contribution is 6.02. The molecule has 3 aromatic rings. The highest BCUT2D eigenvalue weighted by atomic mass is 19.3. The molecule has 3 rings (SSSR count). The summed E-state index contributed by atoms with van der Waals surface area (Å²) < 4.78 is 34.9. The Hall–Kier alpha value is -4.01. The fourth-order valence-corrected chi connectivity index (χ4v) is 2.65. The van der Waals surface area contributed by atoms with Crippen LogP contribution < -0.4 is 20.3 Å². The van der Waals surface area contributed by atoms with Crippen LogP contribution in [0.25, 0.3) is 17.3 Å². The Morgan fingerprint density at radius 1 is 1.17 bits per heavy atom. The van der Waals surface area contributed by atoms with Crippen LogP contribution in [0, 0.1) is 0 Å². The first-order valence-corrected chi connectivity index (χ1v) is 8.73. The molecule has 2 aromatic carbocycles. The average Bonchev–Trinajstić information content (AvgIpc) is 2.73. The number of hydrogen-bond donors (Lipinski definition) is 2. The van der Waals surface area contributed by atoms with Gasteiger partial charge in [-0.2, -0.15) is 13.9 Å². The number of nitrogens with zero attached hydrogens (tertiary/aromatic N) is 1. The number of carbonyl (C=O) groups excluding carboxylic acids is 1. The number of alkyl halides is 2. The van der Waals surface area contributed by atoms with Gasteiger partial charge in [-0.25, -0.2) is 5.10 Å².